The first kappa shape index (κ1) is 18.6. The molecule has 2 heterocycles. The van der Waals surface area contributed by atoms with E-state index in [1.165, 1.54) is 16.7 Å². The molecule has 5 heteroatoms. The number of piperazine rings is 1. The summed E-state index contributed by atoms with van der Waals surface area (Å²) >= 11 is 0. The summed E-state index contributed by atoms with van der Waals surface area (Å²) in [7, 11) is -3.49. The SMILES string of the molecule is Cc1ccccc1S(=O)(=O)N1[C@@H]2CNC[C@H]1C2c1ccc(-c2ccccc2)cc1. The molecule has 2 bridgehead atoms. The number of nitrogens with zero attached hydrogens (tertiary/aromatic N) is 1. The van der Waals surface area contributed by atoms with Gasteiger partial charge in [-0.25, -0.2) is 8.42 Å². The molecule has 0 saturated carbocycles. The summed E-state index contributed by atoms with van der Waals surface area (Å²) in [5.74, 6) is 0.236. The van der Waals surface area contributed by atoms with Crippen LogP contribution in [-0.2, 0) is 10.0 Å². The summed E-state index contributed by atoms with van der Waals surface area (Å²) in [4.78, 5) is 0.426. The fourth-order valence-electron chi connectivity index (χ4n) is 4.82. The van der Waals surface area contributed by atoms with E-state index in [2.05, 4.69) is 41.7 Å². The van der Waals surface area contributed by atoms with Crippen LogP contribution in [0.1, 0.15) is 17.0 Å². The third-order valence-electron chi connectivity index (χ3n) is 6.24. The molecular weight excluding hydrogens is 380 g/mol. The Labute approximate surface area is 172 Å². The summed E-state index contributed by atoms with van der Waals surface area (Å²) in [5, 5.41) is 3.38. The van der Waals surface area contributed by atoms with Crippen molar-refractivity contribution in [2.24, 2.45) is 0 Å². The molecule has 0 amide bonds. The minimum atomic E-state index is -3.49. The van der Waals surface area contributed by atoms with Crippen LogP contribution in [0, 0.1) is 6.92 Å². The van der Waals surface area contributed by atoms with Crippen molar-refractivity contribution >= 4 is 10.0 Å². The summed E-state index contributed by atoms with van der Waals surface area (Å²) < 4.78 is 28.5. The van der Waals surface area contributed by atoms with Crippen LogP contribution in [-0.4, -0.2) is 37.9 Å². The van der Waals surface area contributed by atoms with E-state index in [4.69, 9.17) is 0 Å². The van der Waals surface area contributed by atoms with Crippen LogP contribution in [0.15, 0.2) is 83.8 Å². The molecular formula is C24H24N2O2S. The minimum absolute atomic E-state index is 0.0408. The van der Waals surface area contributed by atoms with E-state index >= 15 is 0 Å². The van der Waals surface area contributed by atoms with Crippen LogP contribution in [0.3, 0.4) is 0 Å². The molecule has 2 aliphatic heterocycles. The molecule has 3 atom stereocenters. The Balaban J connectivity index is 1.44. The average Bonchev–Trinajstić information content (AvgIpc) is 2.75. The molecule has 2 saturated heterocycles. The predicted octanol–water partition coefficient (Wildman–Crippen LogP) is 3.79. The number of nitrogens with one attached hydrogen (secondary N) is 1. The molecule has 3 aromatic rings. The molecule has 5 rings (SSSR count). The van der Waals surface area contributed by atoms with E-state index in [0.717, 1.165) is 5.56 Å². The van der Waals surface area contributed by atoms with Gasteiger partial charge in [-0.3, -0.25) is 0 Å². The minimum Gasteiger partial charge on any atom is -0.313 e. The van der Waals surface area contributed by atoms with Crippen LogP contribution < -0.4 is 5.32 Å². The van der Waals surface area contributed by atoms with Crippen molar-refractivity contribution < 1.29 is 8.42 Å². The number of sulfonamides is 1. The Hall–Kier alpha value is -2.47. The van der Waals surface area contributed by atoms with E-state index in [-0.39, 0.29) is 18.0 Å². The fourth-order valence-corrected chi connectivity index (χ4v) is 6.90. The highest BCUT2D eigenvalue weighted by Gasteiger charge is 2.56. The number of fused-ring (bicyclic) bond motifs is 2. The third-order valence-corrected chi connectivity index (χ3v) is 8.35. The first-order valence-corrected chi connectivity index (χ1v) is 11.5. The fraction of sp³-hybridized carbons (Fsp3) is 0.250. The Bertz CT molecular complexity index is 1120. The van der Waals surface area contributed by atoms with Crippen molar-refractivity contribution in [3.8, 4) is 11.1 Å². The number of hydrogen-bond acceptors (Lipinski definition) is 3. The Morgan fingerprint density at radius 1 is 0.793 bits per heavy atom. The maximum absolute atomic E-state index is 13.4. The second kappa shape index (κ2) is 7.10. The van der Waals surface area contributed by atoms with E-state index in [1.54, 1.807) is 16.4 Å². The highest BCUT2D eigenvalue weighted by molar-refractivity contribution is 7.89. The van der Waals surface area contributed by atoms with Crippen LogP contribution >= 0.6 is 0 Å². The number of aryl methyl sites for hydroxylation is 1. The highest BCUT2D eigenvalue weighted by atomic mass is 32.2. The lowest BCUT2D eigenvalue weighted by Gasteiger charge is -2.58. The smallest absolute Gasteiger partial charge is 0.243 e. The largest absolute Gasteiger partial charge is 0.313 e. The van der Waals surface area contributed by atoms with Crippen molar-refractivity contribution in [3.63, 3.8) is 0 Å². The average molecular weight is 405 g/mol. The van der Waals surface area contributed by atoms with Crippen LogP contribution in [0.5, 0.6) is 0 Å². The maximum atomic E-state index is 13.4. The van der Waals surface area contributed by atoms with Gasteiger partial charge < -0.3 is 5.32 Å². The highest BCUT2D eigenvalue weighted by Crippen LogP contribution is 2.46. The molecule has 2 aliphatic rings. The second-order valence-corrected chi connectivity index (χ2v) is 9.72. The first-order chi connectivity index (χ1) is 14.1. The third kappa shape index (κ3) is 3.01. The lowest BCUT2D eigenvalue weighted by molar-refractivity contribution is 0.0370. The van der Waals surface area contributed by atoms with Gasteiger partial charge in [0.2, 0.25) is 10.0 Å². The second-order valence-electron chi connectivity index (χ2n) is 7.91. The summed E-state index contributed by atoms with van der Waals surface area (Å²) in [6, 6.07) is 26.1. The van der Waals surface area contributed by atoms with Crippen molar-refractivity contribution in [1.82, 2.24) is 9.62 Å². The molecule has 2 fully saturated rings. The zero-order valence-electron chi connectivity index (χ0n) is 16.3. The van der Waals surface area contributed by atoms with Gasteiger partial charge in [0, 0.05) is 31.1 Å². The molecule has 1 unspecified atom stereocenters. The summed E-state index contributed by atoms with van der Waals surface area (Å²) in [6.07, 6.45) is 0. The lowest BCUT2D eigenvalue weighted by atomic mass is 9.74. The van der Waals surface area contributed by atoms with Gasteiger partial charge in [-0.05, 0) is 35.2 Å². The molecule has 0 aliphatic carbocycles. The maximum Gasteiger partial charge on any atom is 0.243 e. The van der Waals surface area contributed by atoms with Gasteiger partial charge in [0.1, 0.15) is 0 Å². The zero-order valence-corrected chi connectivity index (χ0v) is 17.1. The van der Waals surface area contributed by atoms with Gasteiger partial charge in [-0.1, -0.05) is 72.8 Å². The van der Waals surface area contributed by atoms with Crippen molar-refractivity contribution in [3.05, 3.63) is 90.0 Å². The zero-order chi connectivity index (χ0) is 20.0. The Morgan fingerprint density at radius 3 is 2.03 bits per heavy atom. The Kier molecular flexibility index (Phi) is 4.54. The molecule has 4 nitrogen and oxygen atoms in total. The van der Waals surface area contributed by atoms with Gasteiger partial charge in [0.15, 0.2) is 0 Å². The van der Waals surface area contributed by atoms with E-state index < -0.39 is 10.0 Å². The van der Waals surface area contributed by atoms with Gasteiger partial charge in [0.05, 0.1) is 4.90 Å². The normalized spacial score (nSPS) is 24.1. The predicted molar refractivity (Wildman–Crippen MR) is 115 cm³/mol. The molecule has 1 N–H and O–H groups in total. The van der Waals surface area contributed by atoms with Crippen LogP contribution in [0.2, 0.25) is 0 Å². The molecule has 3 aromatic carbocycles. The van der Waals surface area contributed by atoms with Gasteiger partial charge in [-0.2, -0.15) is 4.31 Å². The van der Waals surface area contributed by atoms with Crippen LogP contribution in [0.4, 0.5) is 0 Å². The molecule has 0 aromatic heterocycles. The number of hydrogen-bond donors (Lipinski definition) is 1. The molecule has 0 radical (unpaired) electrons. The quantitative estimate of drug-likeness (QED) is 0.720. The molecule has 0 spiro atoms. The van der Waals surface area contributed by atoms with Crippen molar-refractivity contribution in [1.29, 1.82) is 0 Å². The number of piperidine rings is 1. The van der Waals surface area contributed by atoms with Crippen molar-refractivity contribution in [2.45, 2.75) is 29.8 Å². The standard InChI is InChI=1S/C24H24N2O2S/c1-17-7-5-6-10-23(17)29(27,28)26-21-15-25-16-22(26)24(21)20-13-11-19(12-14-20)18-8-3-2-4-9-18/h2-14,21-22,24-25H,15-16H2,1H3/t21-,22+,24?. The van der Waals surface area contributed by atoms with E-state index in [9.17, 15) is 8.42 Å². The molecule has 29 heavy (non-hydrogen) atoms. The lowest BCUT2D eigenvalue weighted by Crippen LogP contribution is -2.73. The van der Waals surface area contributed by atoms with Gasteiger partial charge in [-0.15, -0.1) is 0 Å². The number of benzene rings is 3. The molecule has 148 valence electrons. The Morgan fingerprint density at radius 2 is 1.38 bits per heavy atom. The van der Waals surface area contributed by atoms with Crippen LogP contribution in [0.25, 0.3) is 11.1 Å². The van der Waals surface area contributed by atoms with Gasteiger partial charge in [0.25, 0.3) is 0 Å². The topological polar surface area (TPSA) is 49.4 Å². The monoisotopic (exact) mass is 404 g/mol. The van der Waals surface area contributed by atoms with E-state index in [1.807, 2.05) is 37.3 Å². The number of rotatable bonds is 4. The van der Waals surface area contributed by atoms with E-state index in [0.29, 0.717) is 18.0 Å². The van der Waals surface area contributed by atoms with Gasteiger partial charge >= 0.3 is 0 Å². The summed E-state index contributed by atoms with van der Waals surface area (Å²) in [5.41, 5.74) is 4.39. The first-order valence-electron chi connectivity index (χ1n) is 10.0. The van der Waals surface area contributed by atoms with Crippen molar-refractivity contribution in [2.75, 3.05) is 13.1 Å². The summed E-state index contributed by atoms with van der Waals surface area (Å²) in [6.45, 7) is 3.24.